The summed E-state index contributed by atoms with van der Waals surface area (Å²) in [4.78, 5) is 23.7. The van der Waals surface area contributed by atoms with Crippen LogP contribution in [0.3, 0.4) is 0 Å². The van der Waals surface area contributed by atoms with Crippen LogP contribution in [0.1, 0.15) is 26.3 Å². The first-order valence-corrected chi connectivity index (χ1v) is 5.81. The number of halogens is 4. The maximum Gasteiger partial charge on any atom is 0.416 e. The minimum atomic E-state index is -4.51. The topological polar surface area (TPSA) is 34.1 Å². The molecule has 2 aromatic rings. The van der Waals surface area contributed by atoms with E-state index in [1.807, 2.05) is 0 Å². The molecule has 0 bridgehead atoms. The molecule has 0 aliphatic carbocycles. The fourth-order valence-electron chi connectivity index (χ4n) is 1.67. The van der Waals surface area contributed by atoms with Gasteiger partial charge < -0.3 is 0 Å². The molecule has 21 heavy (non-hydrogen) atoms. The molecule has 0 saturated heterocycles. The molecule has 0 spiro atoms. The average Bonchev–Trinajstić information content (AvgIpc) is 2.46. The zero-order valence-corrected chi connectivity index (χ0v) is 10.4. The largest absolute Gasteiger partial charge is 0.416 e. The zero-order valence-electron chi connectivity index (χ0n) is 10.4. The number of ketones is 2. The second-order valence-corrected chi connectivity index (χ2v) is 4.24. The summed E-state index contributed by atoms with van der Waals surface area (Å²) in [5.74, 6) is -2.42. The van der Waals surface area contributed by atoms with Gasteiger partial charge in [-0.2, -0.15) is 13.2 Å². The first kappa shape index (κ1) is 14.9. The number of carbonyl (C=O) groups excluding carboxylic acids is 2. The van der Waals surface area contributed by atoms with E-state index in [1.54, 1.807) is 0 Å². The summed E-state index contributed by atoms with van der Waals surface area (Å²) >= 11 is 0. The van der Waals surface area contributed by atoms with Crippen molar-refractivity contribution in [2.45, 2.75) is 6.18 Å². The van der Waals surface area contributed by atoms with Crippen LogP contribution in [0.25, 0.3) is 0 Å². The van der Waals surface area contributed by atoms with Crippen molar-refractivity contribution in [3.8, 4) is 0 Å². The number of Topliss-reactive ketones (excluding diaryl/α,β-unsaturated/α-hetero) is 2. The first-order valence-electron chi connectivity index (χ1n) is 5.81. The molecule has 0 amide bonds. The summed E-state index contributed by atoms with van der Waals surface area (Å²) in [6, 6.07) is 7.65. The van der Waals surface area contributed by atoms with Crippen molar-refractivity contribution >= 4 is 11.6 Å². The van der Waals surface area contributed by atoms with Crippen LogP contribution in [0.5, 0.6) is 0 Å². The standard InChI is InChI=1S/C15H8F4O2/c16-12-7-3-10(4-8-12)14(21)13(20)9-1-5-11(6-2-9)15(17,18)19/h1-8H. The Hall–Kier alpha value is -2.50. The minimum Gasteiger partial charge on any atom is -0.285 e. The van der Waals surface area contributed by atoms with Gasteiger partial charge in [-0.05, 0) is 36.4 Å². The third-order valence-electron chi connectivity index (χ3n) is 2.79. The van der Waals surface area contributed by atoms with Gasteiger partial charge in [0.25, 0.3) is 0 Å². The second kappa shape index (κ2) is 5.47. The Kier molecular flexibility index (Phi) is 3.88. The van der Waals surface area contributed by atoms with E-state index < -0.39 is 29.1 Å². The monoisotopic (exact) mass is 296 g/mol. The van der Waals surface area contributed by atoms with Crippen molar-refractivity contribution in [1.82, 2.24) is 0 Å². The highest BCUT2D eigenvalue weighted by atomic mass is 19.4. The van der Waals surface area contributed by atoms with Crippen molar-refractivity contribution in [3.63, 3.8) is 0 Å². The summed E-state index contributed by atoms with van der Waals surface area (Å²) in [7, 11) is 0. The van der Waals surface area contributed by atoms with Gasteiger partial charge in [0.2, 0.25) is 11.6 Å². The molecule has 0 unspecified atom stereocenters. The number of rotatable bonds is 3. The molecule has 0 fully saturated rings. The van der Waals surface area contributed by atoms with E-state index in [0.29, 0.717) is 0 Å². The normalized spacial score (nSPS) is 11.2. The number of alkyl halides is 3. The molecule has 0 atom stereocenters. The minimum absolute atomic E-state index is 0.0266. The van der Waals surface area contributed by atoms with E-state index in [-0.39, 0.29) is 11.1 Å². The zero-order chi connectivity index (χ0) is 15.6. The number of hydrogen-bond acceptors (Lipinski definition) is 2. The fraction of sp³-hybridized carbons (Fsp3) is 0.0667. The van der Waals surface area contributed by atoms with E-state index in [2.05, 4.69) is 0 Å². The molecular formula is C15H8F4O2. The number of hydrogen-bond donors (Lipinski definition) is 0. The van der Waals surface area contributed by atoms with Crippen LogP contribution in [0, 0.1) is 5.82 Å². The van der Waals surface area contributed by atoms with E-state index >= 15 is 0 Å². The quantitative estimate of drug-likeness (QED) is 0.489. The molecule has 0 aliphatic heterocycles. The Bertz CT molecular complexity index is 670. The Balaban J connectivity index is 2.24. The summed E-state index contributed by atoms with van der Waals surface area (Å²) in [5.41, 5.74) is -1.09. The predicted molar refractivity (Wildman–Crippen MR) is 66.5 cm³/mol. The highest BCUT2D eigenvalue weighted by Gasteiger charge is 2.30. The van der Waals surface area contributed by atoms with Crippen molar-refractivity contribution in [3.05, 3.63) is 71.0 Å². The molecule has 0 saturated carbocycles. The van der Waals surface area contributed by atoms with E-state index in [1.165, 1.54) is 0 Å². The van der Waals surface area contributed by atoms with E-state index in [4.69, 9.17) is 0 Å². The average molecular weight is 296 g/mol. The Labute approximate surface area is 117 Å². The van der Waals surface area contributed by atoms with Gasteiger partial charge >= 0.3 is 6.18 Å². The number of benzene rings is 2. The lowest BCUT2D eigenvalue weighted by Gasteiger charge is -2.07. The Morgan fingerprint density at radius 2 is 1.10 bits per heavy atom. The molecule has 0 heterocycles. The van der Waals surface area contributed by atoms with Crippen LogP contribution in [0.15, 0.2) is 48.5 Å². The van der Waals surface area contributed by atoms with Gasteiger partial charge in [-0.25, -0.2) is 4.39 Å². The van der Waals surface area contributed by atoms with Gasteiger partial charge in [0, 0.05) is 11.1 Å². The summed E-state index contributed by atoms with van der Waals surface area (Å²) in [6.45, 7) is 0. The van der Waals surface area contributed by atoms with Crippen LogP contribution in [0.4, 0.5) is 17.6 Å². The lowest BCUT2D eigenvalue weighted by molar-refractivity contribution is -0.137. The Morgan fingerprint density at radius 3 is 1.48 bits per heavy atom. The van der Waals surface area contributed by atoms with Crippen LogP contribution >= 0.6 is 0 Å². The third-order valence-corrected chi connectivity index (χ3v) is 2.79. The molecular weight excluding hydrogens is 288 g/mol. The van der Waals surface area contributed by atoms with Crippen LogP contribution in [-0.2, 0) is 6.18 Å². The maximum atomic E-state index is 12.7. The van der Waals surface area contributed by atoms with Crippen LogP contribution < -0.4 is 0 Å². The molecule has 2 aromatic carbocycles. The van der Waals surface area contributed by atoms with Gasteiger partial charge in [0.1, 0.15) is 5.82 Å². The molecule has 0 aliphatic rings. The fourth-order valence-corrected chi connectivity index (χ4v) is 1.67. The van der Waals surface area contributed by atoms with Crippen molar-refractivity contribution in [2.24, 2.45) is 0 Å². The second-order valence-electron chi connectivity index (χ2n) is 4.24. The van der Waals surface area contributed by atoms with Crippen molar-refractivity contribution < 1.29 is 27.2 Å². The molecule has 0 radical (unpaired) electrons. The van der Waals surface area contributed by atoms with E-state index in [9.17, 15) is 27.2 Å². The summed E-state index contributed by atoms with van der Waals surface area (Å²) in [5, 5.41) is 0. The van der Waals surface area contributed by atoms with Gasteiger partial charge in [-0.15, -0.1) is 0 Å². The van der Waals surface area contributed by atoms with Gasteiger partial charge in [-0.3, -0.25) is 9.59 Å². The van der Waals surface area contributed by atoms with Crippen molar-refractivity contribution in [2.75, 3.05) is 0 Å². The Morgan fingerprint density at radius 1 is 0.714 bits per heavy atom. The van der Waals surface area contributed by atoms with Crippen molar-refractivity contribution in [1.29, 1.82) is 0 Å². The van der Waals surface area contributed by atoms with E-state index in [0.717, 1.165) is 48.5 Å². The molecule has 0 N–H and O–H groups in total. The highest BCUT2D eigenvalue weighted by Crippen LogP contribution is 2.29. The molecule has 6 heteroatoms. The lowest BCUT2D eigenvalue weighted by Crippen LogP contribution is -2.15. The molecule has 2 nitrogen and oxygen atoms in total. The van der Waals surface area contributed by atoms with Crippen LogP contribution in [-0.4, -0.2) is 11.6 Å². The smallest absolute Gasteiger partial charge is 0.285 e. The maximum absolute atomic E-state index is 12.7. The lowest BCUT2D eigenvalue weighted by atomic mass is 10.0. The highest BCUT2D eigenvalue weighted by molar-refractivity contribution is 6.49. The predicted octanol–water partition coefficient (Wildman–Crippen LogP) is 3.91. The van der Waals surface area contributed by atoms with Gasteiger partial charge in [0.15, 0.2) is 0 Å². The summed E-state index contributed by atoms with van der Waals surface area (Å²) in [6.07, 6.45) is -4.51. The van der Waals surface area contributed by atoms with Gasteiger partial charge in [-0.1, -0.05) is 12.1 Å². The SMILES string of the molecule is O=C(C(=O)c1ccc(C(F)(F)F)cc1)c1ccc(F)cc1. The number of carbonyl (C=O) groups is 2. The third kappa shape index (κ3) is 3.34. The molecule has 0 aromatic heterocycles. The summed E-state index contributed by atoms with van der Waals surface area (Å²) < 4.78 is 49.9. The van der Waals surface area contributed by atoms with Crippen LogP contribution in [0.2, 0.25) is 0 Å². The first-order chi connectivity index (χ1) is 9.79. The molecule has 108 valence electrons. The van der Waals surface area contributed by atoms with Gasteiger partial charge in [0.05, 0.1) is 5.56 Å². The molecule has 2 rings (SSSR count).